The molecule has 3 N–H and O–H groups in total. The normalized spacial score (nSPS) is 34.0. The molecule has 0 spiro atoms. The topological polar surface area (TPSA) is 114 Å². The van der Waals surface area contributed by atoms with Gasteiger partial charge in [0.1, 0.15) is 12.3 Å². The molecule has 1 fully saturated rings. The Morgan fingerprint density at radius 2 is 2.29 bits per heavy atom. The van der Waals surface area contributed by atoms with E-state index in [1.807, 2.05) is 0 Å². The predicted molar refractivity (Wildman–Crippen MR) is 76.9 cm³/mol. The van der Waals surface area contributed by atoms with Gasteiger partial charge in [-0.05, 0) is 6.92 Å². The molecule has 1 aliphatic rings. The fraction of sp³-hybridized carbons (Fsp3) is 0.667. The summed E-state index contributed by atoms with van der Waals surface area (Å²) < 4.78 is 12.1. The zero-order valence-corrected chi connectivity index (χ0v) is 12.9. The third-order valence-corrected chi connectivity index (χ3v) is 4.97. The fourth-order valence-electron chi connectivity index (χ4n) is 2.62. The number of methoxy groups -OCH3 is 1. The number of aromatic amines is 1. The first-order valence-corrected chi connectivity index (χ1v) is 7.07. The Labute approximate surface area is 122 Å². The Balaban J connectivity index is 2.54. The monoisotopic (exact) mass is 318 g/mol. The minimum atomic E-state index is -1.05. The van der Waals surface area contributed by atoms with Crippen LogP contribution in [-0.4, -0.2) is 51.5 Å². The Morgan fingerprint density at radius 1 is 1.62 bits per heavy atom. The highest BCUT2D eigenvalue weighted by Crippen LogP contribution is 2.49. The quantitative estimate of drug-likeness (QED) is 0.591. The molecule has 8 nitrogen and oxygen atoms in total. The molecule has 0 amide bonds. The van der Waals surface area contributed by atoms with Crippen LogP contribution in [0.4, 0.5) is 0 Å². The van der Waals surface area contributed by atoms with E-state index < -0.39 is 47.6 Å². The van der Waals surface area contributed by atoms with E-state index in [2.05, 4.69) is 14.2 Å². The zero-order chi connectivity index (χ0) is 15.8. The van der Waals surface area contributed by atoms with E-state index in [1.54, 1.807) is 6.92 Å². The van der Waals surface area contributed by atoms with Crippen molar-refractivity contribution in [1.29, 1.82) is 0 Å². The Bertz CT molecular complexity index is 616. The Kier molecular flexibility index (Phi) is 4.65. The first-order valence-electron chi connectivity index (χ1n) is 6.40. The molecule has 6 unspecified atom stereocenters. The number of nitrogens with zero attached hydrogens (tertiary/aromatic N) is 1. The van der Waals surface area contributed by atoms with Crippen molar-refractivity contribution < 1.29 is 19.7 Å². The van der Waals surface area contributed by atoms with Gasteiger partial charge in [0.25, 0.3) is 5.56 Å². The average Bonchev–Trinajstić information content (AvgIpc) is 2.72. The maximum Gasteiger partial charge on any atom is 0.330 e. The Morgan fingerprint density at radius 3 is 2.81 bits per heavy atom. The molecule has 1 aromatic rings. The maximum absolute atomic E-state index is 12.0. The second-order valence-corrected chi connectivity index (χ2v) is 5.80. The van der Waals surface area contributed by atoms with Gasteiger partial charge in [-0.25, -0.2) is 4.79 Å². The number of hydrogen-bond donors (Lipinski definition) is 3. The first kappa shape index (κ1) is 16.3. The molecule has 2 rings (SSSR count). The molecule has 1 aromatic heterocycles. The van der Waals surface area contributed by atoms with Crippen LogP contribution in [0.5, 0.6) is 0 Å². The van der Waals surface area contributed by atoms with Crippen molar-refractivity contribution in [2.75, 3.05) is 13.7 Å². The van der Waals surface area contributed by atoms with E-state index >= 15 is 0 Å². The molecular weight excluding hydrogens is 299 g/mol. The number of rotatable bonds is 4. The molecule has 1 aliphatic heterocycles. The molecular formula is C12H19N2O6P. The van der Waals surface area contributed by atoms with Gasteiger partial charge in [0, 0.05) is 19.4 Å². The molecule has 6 atom stereocenters. The highest BCUT2D eigenvalue weighted by Gasteiger charge is 2.57. The van der Waals surface area contributed by atoms with Crippen molar-refractivity contribution in [1.82, 2.24) is 9.55 Å². The van der Waals surface area contributed by atoms with Crippen LogP contribution in [0.2, 0.25) is 0 Å². The molecule has 0 radical (unpaired) electrons. The zero-order valence-electron chi connectivity index (χ0n) is 11.7. The van der Waals surface area contributed by atoms with Gasteiger partial charge >= 0.3 is 5.69 Å². The summed E-state index contributed by atoms with van der Waals surface area (Å²) in [6.45, 7) is 1.29. The second-order valence-electron chi connectivity index (χ2n) is 5.19. The van der Waals surface area contributed by atoms with E-state index in [1.165, 1.54) is 23.9 Å². The molecule has 118 valence electrons. The number of H-pyrrole nitrogens is 1. The van der Waals surface area contributed by atoms with Gasteiger partial charge in [-0.1, -0.05) is 0 Å². The van der Waals surface area contributed by atoms with E-state index in [-0.39, 0.29) is 0 Å². The van der Waals surface area contributed by atoms with Crippen molar-refractivity contribution >= 4 is 9.24 Å². The summed E-state index contributed by atoms with van der Waals surface area (Å²) >= 11 is 0. The third-order valence-electron chi connectivity index (χ3n) is 3.98. The predicted octanol–water partition coefficient (Wildman–Crippen LogP) is -1.36. The number of ether oxygens (including phenoxy) is 2. The highest BCUT2D eigenvalue weighted by atomic mass is 31.0. The van der Waals surface area contributed by atoms with Crippen molar-refractivity contribution in [2.24, 2.45) is 5.41 Å². The molecule has 9 heteroatoms. The largest absolute Gasteiger partial charge is 0.394 e. The number of hydrogen-bond acceptors (Lipinski definition) is 6. The van der Waals surface area contributed by atoms with Gasteiger partial charge in [0.15, 0.2) is 0 Å². The summed E-state index contributed by atoms with van der Waals surface area (Å²) in [6.07, 6.45) is -1.49. The molecule has 0 aliphatic carbocycles. The van der Waals surface area contributed by atoms with E-state index in [4.69, 9.17) is 9.47 Å². The SMILES string of the molecule is COC(P)C1(C)C(O)C(CO)OC1n1ccc(=O)[nH]c1=O. The minimum Gasteiger partial charge on any atom is -0.394 e. The second kappa shape index (κ2) is 5.98. The van der Waals surface area contributed by atoms with Crippen LogP contribution < -0.4 is 11.2 Å². The lowest BCUT2D eigenvalue weighted by molar-refractivity contribution is -0.0788. The fourth-order valence-corrected chi connectivity index (χ4v) is 2.98. The van der Waals surface area contributed by atoms with Crippen molar-refractivity contribution in [2.45, 2.75) is 31.2 Å². The van der Waals surface area contributed by atoms with E-state index in [0.29, 0.717) is 0 Å². The smallest absolute Gasteiger partial charge is 0.330 e. The van der Waals surface area contributed by atoms with Crippen molar-refractivity contribution in [3.05, 3.63) is 33.1 Å². The van der Waals surface area contributed by atoms with Gasteiger partial charge in [-0.2, -0.15) is 0 Å². The molecule has 2 heterocycles. The average molecular weight is 318 g/mol. The van der Waals surface area contributed by atoms with Crippen molar-refractivity contribution in [3.63, 3.8) is 0 Å². The summed E-state index contributed by atoms with van der Waals surface area (Å²) in [7, 11) is 3.90. The number of aliphatic hydroxyl groups is 2. The summed E-state index contributed by atoms with van der Waals surface area (Å²) in [5, 5.41) is 19.7. The van der Waals surface area contributed by atoms with Crippen LogP contribution in [0, 0.1) is 5.41 Å². The molecule has 0 bridgehead atoms. The van der Waals surface area contributed by atoms with Gasteiger partial charge < -0.3 is 19.7 Å². The summed E-state index contributed by atoms with van der Waals surface area (Å²) in [4.78, 5) is 25.3. The lowest BCUT2D eigenvalue weighted by Gasteiger charge is -2.37. The van der Waals surface area contributed by atoms with Crippen LogP contribution >= 0.6 is 9.24 Å². The lowest BCUT2D eigenvalue weighted by Crippen LogP contribution is -2.47. The molecule has 21 heavy (non-hydrogen) atoms. The number of nitrogens with one attached hydrogen (secondary N) is 1. The van der Waals surface area contributed by atoms with Gasteiger partial charge in [0.05, 0.1) is 24.0 Å². The standard InChI is InChI=1S/C12H19N2O6P/c1-12(10(21)19-2)8(17)6(5-15)20-9(12)14-4-3-7(16)13-11(14)18/h3-4,6,8-10,15,17H,5,21H2,1-2H3,(H,13,16,18). The van der Waals surface area contributed by atoms with Crippen LogP contribution in [0.3, 0.4) is 0 Å². The van der Waals surface area contributed by atoms with Crippen LogP contribution in [0.1, 0.15) is 13.2 Å². The number of aromatic nitrogens is 2. The molecule has 0 aromatic carbocycles. The van der Waals surface area contributed by atoms with Gasteiger partial charge in [0.2, 0.25) is 0 Å². The minimum absolute atomic E-state index is 0.396. The lowest BCUT2D eigenvalue weighted by atomic mass is 9.82. The van der Waals surface area contributed by atoms with E-state index in [0.717, 1.165) is 0 Å². The van der Waals surface area contributed by atoms with Gasteiger partial charge in [-0.3, -0.25) is 14.3 Å². The molecule has 0 saturated carbocycles. The molecule has 1 saturated heterocycles. The third kappa shape index (κ3) is 2.58. The van der Waals surface area contributed by atoms with Gasteiger partial charge in [-0.15, -0.1) is 9.24 Å². The van der Waals surface area contributed by atoms with Crippen LogP contribution in [-0.2, 0) is 9.47 Å². The van der Waals surface area contributed by atoms with Crippen LogP contribution in [0.15, 0.2) is 21.9 Å². The van der Waals surface area contributed by atoms with Crippen LogP contribution in [0.25, 0.3) is 0 Å². The van der Waals surface area contributed by atoms with Crippen molar-refractivity contribution in [3.8, 4) is 0 Å². The first-order chi connectivity index (χ1) is 9.86. The summed E-state index contributed by atoms with van der Waals surface area (Å²) in [6, 6.07) is 1.19. The van der Waals surface area contributed by atoms with E-state index in [9.17, 15) is 19.8 Å². The summed E-state index contributed by atoms with van der Waals surface area (Å²) in [5.74, 6) is -0.534. The Hall–Kier alpha value is -1.05. The maximum atomic E-state index is 12.0. The highest BCUT2D eigenvalue weighted by molar-refractivity contribution is 7.17. The summed E-state index contributed by atoms with van der Waals surface area (Å²) in [5.41, 5.74) is -2.18. The number of aliphatic hydroxyl groups excluding tert-OH is 2.